The molecule has 0 bridgehead atoms. The third-order valence-electron chi connectivity index (χ3n) is 4.86. The Hall–Kier alpha value is -1.72. The second-order valence-corrected chi connectivity index (χ2v) is 12.1. The van der Waals surface area contributed by atoms with E-state index in [-0.39, 0.29) is 5.82 Å². The molecule has 0 aliphatic carbocycles. The first-order valence-corrected chi connectivity index (χ1v) is 14.6. The largest absolute Gasteiger partial charge is 0.708 e. The smallest absolute Gasteiger partial charge is 0.387 e. The molecule has 7 atom stereocenters. The normalized spacial score (nSPS) is 26.1. The highest BCUT2D eigenvalue weighted by Gasteiger charge is 2.48. The molecule has 17 nitrogen and oxygen atoms in total. The van der Waals surface area contributed by atoms with Crippen molar-refractivity contribution in [1.82, 2.24) is 14.5 Å². The van der Waals surface area contributed by atoms with Gasteiger partial charge in [-0.3, -0.25) is 4.89 Å². The van der Waals surface area contributed by atoms with Crippen molar-refractivity contribution in [1.29, 1.82) is 0 Å². The number of aliphatic hydroxyl groups excluding tert-OH is 2. The molecule has 21 heteroatoms. The summed E-state index contributed by atoms with van der Waals surface area (Å²) in [6.07, 6.45) is -2.77. The van der Waals surface area contributed by atoms with E-state index in [2.05, 4.69) is 23.3 Å². The first-order chi connectivity index (χ1) is 16.9. The lowest BCUT2D eigenvalue weighted by molar-refractivity contribution is -0.157. The number of nitrogens with zero attached hydrogens (tertiary/aromatic N) is 3. The molecule has 0 radical (unpaired) electrons. The van der Waals surface area contributed by atoms with E-state index in [1.165, 1.54) is 22.2 Å². The highest BCUT2D eigenvalue weighted by atomic mass is 32.1. The van der Waals surface area contributed by atoms with E-state index in [4.69, 9.17) is 25.1 Å². The van der Waals surface area contributed by atoms with Gasteiger partial charge in [-0.2, -0.15) is 4.31 Å². The van der Waals surface area contributed by atoms with Gasteiger partial charge in [0.15, 0.2) is 6.23 Å². The zero-order chi connectivity index (χ0) is 26.3. The number of hydrogen-bond acceptors (Lipinski definition) is 15. The van der Waals surface area contributed by atoms with E-state index in [0.717, 1.165) is 4.88 Å². The van der Waals surface area contributed by atoms with Gasteiger partial charge in [0.1, 0.15) is 42.7 Å². The summed E-state index contributed by atoms with van der Waals surface area (Å²) >= 11 is 1.43. The van der Waals surface area contributed by atoms with Gasteiger partial charge in [-0.05, 0) is 15.8 Å². The second kappa shape index (κ2) is 10.6. The molecule has 1 fully saturated rings. The van der Waals surface area contributed by atoms with Crippen LogP contribution in [0, 0.1) is 0 Å². The summed E-state index contributed by atoms with van der Waals surface area (Å²) in [4.78, 5) is 27.2. The Morgan fingerprint density at radius 2 is 1.97 bits per heavy atom. The van der Waals surface area contributed by atoms with Crippen molar-refractivity contribution in [2.75, 3.05) is 12.3 Å². The third-order valence-corrected chi connectivity index (χ3v) is 9.34. The Labute approximate surface area is 205 Å². The van der Waals surface area contributed by atoms with Crippen molar-refractivity contribution in [3.8, 4) is 10.4 Å². The molecule has 1 saturated heterocycles. The Balaban J connectivity index is 1.49. The summed E-state index contributed by atoms with van der Waals surface area (Å²) in [7, 11) is -14.3. The second-order valence-electron chi connectivity index (χ2n) is 7.13. The molecule has 4 rings (SSSR count). The lowest BCUT2D eigenvalue weighted by atomic mass is 10.1. The minimum absolute atomic E-state index is 0.180. The van der Waals surface area contributed by atoms with Crippen LogP contribution >= 0.6 is 35.2 Å². The van der Waals surface area contributed by atoms with Crippen LogP contribution in [-0.2, 0) is 36.3 Å². The number of ether oxygens (including phenoxy) is 1. The number of nitrogens with two attached hydrogens (primary N) is 1. The van der Waals surface area contributed by atoms with E-state index >= 15 is 0 Å². The molecule has 3 unspecified atom stereocenters. The topological polar surface area (TPSA) is 255 Å². The van der Waals surface area contributed by atoms with Crippen LogP contribution in [0.2, 0.25) is 0 Å². The molecule has 1 aliphatic heterocycles. The Morgan fingerprint density at radius 3 is 2.64 bits per heavy atom. The summed E-state index contributed by atoms with van der Waals surface area (Å²) < 4.78 is 57.0. The zero-order valence-electron chi connectivity index (χ0n) is 17.6. The van der Waals surface area contributed by atoms with Crippen LogP contribution in [0.25, 0.3) is 21.5 Å². The van der Waals surface area contributed by atoms with Crippen LogP contribution in [0.1, 0.15) is 6.23 Å². The van der Waals surface area contributed by atoms with Crippen molar-refractivity contribution >= 4 is 52.1 Å². The monoisotopic (exact) mass is 587 g/mol. The van der Waals surface area contributed by atoms with Crippen molar-refractivity contribution < 1.29 is 61.5 Å². The highest BCUT2D eigenvalue weighted by Crippen LogP contribution is 2.63. The average Bonchev–Trinajstić information content (AvgIpc) is 3.51. The van der Waals surface area contributed by atoms with Crippen molar-refractivity contribution in [3.63, 3.8) is 0 Å². The van der Waals surface area contributed by atoms with E-state index < -0.39 is 55.0 Å². The Morgan fingerprint density at radius 1 is 1.22 bits per heavy atom. The lowest BCUT2D eigenvalue weighted by Crippen LogP contribution is -2.33. The molecule has 0 amide bonds. The summed E-state index contributed by atoms with van der Waals surface area (Å²) in [5, 5.41) is 31.5. The van der Waals surface area contributed by atoms with Crippen LogP contribution < -0.4 is 5.73 Å². The molecule has 4 heterocycles. The van der Waals surface area contributed by atoms with E-state index in [1.54, 1.807) is 6.20 Å². The fourth-order valence-corrected chi connectivity index (χ4v) is 6.84. The molecule has 3 aromatic heterocycles. The molecular weight excluding hydrogens is 569 g/mol. The van der Waals surface area contributed by atoms with Crippen molar-refractivity contribution in [3.05, 3.63) is 30.0 Å². The van der Waals surface area contributed by atoms with E-state index in [0.29, 0.717) is 16.6 Å². The Bertz CT molecular complexity index is 1350. The third kappa shape index (κ3) is 5.72. The van der Waals surface area contributed by atoms with Gasteiger partial charge in [0.25, 0.3) is 0 Å². The van der Waals surface area contributed by atoms with E-state index in [9.17, 15) is 28.8 Å². The SMILES string of the molecule is Nc1ncnc2c1c(-c1cccs1)cn2[C@@H]1O[C@H](CO[P+](=O)OP(=O)(O)OP(=O)(O)OO)[C@@H](O)[C@H]1O. The molecule has 0 aromatic carbocycles. The average molecular weight is 587 g/mol. The quantitative estimate of drug-likeness (QED) is 0.112. The van der Waals surface area contributed by atoms with Gasteiger partial charge in [-0.25, -0.2) is 24.4 Å². The highest BCUT2D eigenvalue weighted by molar-refractivity contribution is 7.64. The minimum atomic E-state index is -5.48. The molecule has 1 aliphatic rings. The number of nitrogen functional groups attached to an aromatic ring is 1. The maximum atomic E-state index is 11.9. The van der Waals surface area contributed by atoms with Crippen LogP contribution in [-0.4, -0.2) is 64.7 Å². The van der Waals surface area contributed by atoms with Gasteiger partial charge in [0, 0.05) is 21.2 Å². The predicted molar refractivity (Wildman–Crippen MR) is 120 cm³/mol. The van der Waals surface area contributed by atoms with Gasteiger partial charge < -0.3 is 30.1 Å². The van der Waals surface area contributed by atoms with Crippen LogP contribution in [0.3, 0.4) is 0 Å². The maximum absolute atomic E-state index is 11.9. The molecule has 7 N–H and O–H groups in total. The van der Waals surface area contributed by atoms with Gasteiger partial charge in [0.2, 0.25) is 0 Å². The molecule has 0 spiro atoms. The van der Waals surface area contributed by atoms with Crippen LogP contribution in [0.5, 0.6) is 0 Å². The first kappa shape index (κ1) is 27.3. The van der Waals surface area contributed by atoms with Gasteiger partial charge in [-0.1, -0.05) is 6.07 Å². The van der Waals surface area contributed by atoms with Crippen LogP contribution in [0.15, 0.2) is 30.0 Å². The fourth-order valence-electron chi connectivity index (χ4n) is 3.42. The minimum Gasteiger partial charge on any atom is -0.387 e. The molecule has 196 valence electrons. The van der Waals surface area contributed by atoms with Gasteiger partial charge in [-0.15, -0.1) is 20.5 Å². The number of rotatable bonds is 10. The van der Waals surface area contributed by atoms with Gasteiger partial charge >= 0.3 is 23.9 Å². The number of fused-ring (bicyclic) bond motifs is 1. The molecular formula is C15H18N4O13P3S+. The maximum Gasteiger partial charge on any atom is 0.708 e. The summed E-state index contributed by atoms with van der Waals surface area (Å²) in [5.41, 5.74) is 7.02. The number of aliphatic hydroxyl groups is 2. The predicted octanol–water partition coefficient (Wildman–Crippen LogP) is 1.76. The number of aromatic nitrogens is 3. The molecule has 3 aromatic rings. The Kier molecular flexibility index (Phi) is 8.02. The van der Waals surface area contributed by atoms with Gasteiger partial charge in [0.05, 0.1) is 5.39 Å². The summed E-state index contributed by atoms with van der Waals surface area (Å²) in [6.45, 7) is -0.717. The number of hydrogen-bond donors (Lipinski definition) is 6. The zero-order valence-corrected chi connectivity index (χ0v) is 21.1. The fraction of sp³-hybridized carbons (Fsp3) is 0.333. The summed E-state index contributed by atoms with van der Waals surface area (Å²) in [5.74, 6) is 0.180. The van der Waals surface area contributed by atoms with Crippen molar-refractivity contribution in [2.45, 2.75) is 24.5 Å². The molecule has 0 saturated carbocycles. The first-order valence-electron chi connectivity index (χ1n) is 9.59. The van der Waals surface area contributed by atoms with Crippen LogP contribution in [0.4, 0.5) is 5.82 Å². The number of thiophene rings is 1. The number of phosphoric acid groups is 2. The number of anilines is 1. The molecule has 36 heavy (non-hydrogen) atoms. The lowest BCUT2D eigenvalue weighted by Gasteiger charge is -2.17. The van der Waals surface area contributed by atoms with E-state index in [1.807, 2.05) is 17.5 Å². The standard InChI is InChI=1S/C15H17N4O13P3S/c16-13-10-7(9-2-1-3-36-9)4-19(14(10)18-6-17-13)15-12(21)11(20)8(29-15)5-28-33(23)31-35(26,27)32-34(24,25)30-22/h1-4,6,8,11-12,15,20-21H,5H2,(H4-,16,17,18,22,24,25,26,27)/p+1/t8-,11-,12-,15-/m1/s1. The van der Waals surface area contributed by atoms with Crippen molar-refractivity contribution in [2.24, 2.45) is 0 Å². The summed E-state index contributed by atoms with van der Waals surface area (Å²) in [6, 6.07) is 3.67.